The fraction of sp³-hybridized carbons (Fsp3) is 0.222. The zero-order valence-corrected chi connectivity index (χ0v) is 12.7. The second-order valence-electron chi connectivity index (χ2n) is 5.48. The summed E-state index contributed by atoms with van der Waals surface area (Å²) >= 11 is 0. The minimum Gasteiger partial charge on any atom is -0.372 e. The highest BCUT2D eigenvalue weighted by molar-refractivity contribution is 6.00. The molecular formula is C18H18N4O. The first kappa shape index (κ1) is 14.9. The summed E-state index contributed by atoms with van der Waals surface area (Å²) in [5.74, 6) is 0. The van der Waals surface area contributed by atoms with Crippen molar-refractivity contribution in [1.29, 1.82) is 5.26 Å². The van der Waals surface area contributed by atoms with Gasteiger partial charge in [-0.15, -0.1) is 0 Å². The number of benzene rings is 2. The van der Waals surface area contributed by atoms with Gasteiger partial charge in [0, 0.05) is 24.5 Å². The van der Waals surface area contributed by atoms with E-state index in [9.17, 15) is 4.79 Å². The number of hydrogen-bond acceptors (Lipinski definition) is 3. The smallest absolute Gasteiger partial charge is 0.323 e. The third-order valence-electron chi connectivity index (χ3n) is 3.89. The molecule has 0 radical (unpaired) electrons. The predicted octanol–water partition coefficient (Wildman–Crippen LogP) is 3.80. The Morgan fingerprint density at radius 1 is 1.00 bits per heavy atom. The summed E-state index contributed by atoms with van der Waals surface area (Å²) in [6, 6.07) is 16.4. The number of nitriles is 1. The van der Waals surface area contributed by atoms with Gasteiger partial charge in [-0.3, -0.25) is 0 Å². The second kappa shape index (κ2) is 6.84. The van der Waals surface area contributed by atoms with Crippen LogP contribution in [0.1, 0.15) is 18.4 Å². The van der Waals surface area contributed by atoms with Gasteiger partial charge in [-0.25, -0.2) is 4.79 Å². The Morgan fingerprint density at radius 3 is 2.39 bits per heavy atom. The van der Waals surface area contributed by atoms with Crippen LogP contribution in [0.5, 0.6) is 0 Å². The summed E-state index contributed by atoms with van der Waals surface area (Å²) < 4.78 is 0. The van der Waals surface area contributed by atoms with Crippen LogP contribution >= 0.6 is 0 Å². The number of nitrogens with one attached hydrogen (secondary N) is 2. The van der Waals surface area contributed by atoms with E-state index >= 15 is 0 Å². The van der Waals surface area contributed by atoms with E-state index in [2.05, 4.69) is 21.6 Å². The molecule has 3 rings (SSSR count). The van der Waals surface area contributed by atoms with Crippen molar-refractivity contribution in [3.05, 3.63) is 54.1 Å². The fourth-order valence-corrected chi connectivity index (χ4v) is 2.71. The van der Waals surface area contributed by atoms with Crippen molar-refractivity contribution in [2.75, 3.05) is 28.6 Å². The van der Waals surface area contributed by atoms with Crippen LogP contribution in [0.25, 0.3) is 0 Å². The van der Waals surface area contributed by atoms with Crippen molar-refractivity contribution in [2.24, 2.45) is 0 Å². The van der Waals surface area contributed by atoms with Gasteiger partial charge in [0.1, 0.15) is 6.07 Å². The summed E-state index contributed by atoms with van der Waals surface area (Å²) in [5.41, 5.74) is 2.84. The van der Waals surface area contributed by atoms with E-state index < -0.39 is 0 Å². The summed E-state index contributed by atoms with van der Waals surface area (Å²) in [5, 5.41) is 14.5. The average Bonchev–Trinajstić information content (AvgIpc) is 3.10. The number of urea groups is 1. The third kappa shape index (κ3) is 3.61. The quantitative estimate of drug-likeness (QED) is 0.906. The molecule has 1 saturated heterocycles. The van der Waals surface area contributed by atoms with E-state index in [1.807, 2.05) is 24.3 Å². The summed E-state index contributed by atoms with van der Waals surface area (Å²) in [6.45, 7) is 2.19. The van der Waals surface area contributed by atoms with E-state index in [1.165, 1.54) is 18.5 Å². The Balaban J connectivity index is 1.62. The fourth-order valence-electron chi connectivity index (χ4n) is 2.71. The number of carbonyl (C=O) groups is 1. The lowest BCUT2D eigenvalue weighted by atomic mass is 10.2. The van der Waals surface area contributed by atoms with Gasteiger partial charge in [0.15, 0.2) is 0 Å². The molecule has 0 unspecified atom stereocenters. The number of amides is 2. The first-order valence-electron chi connectivity index (χ1n) is 7.68. The largest absolute Gasteiger partial charge is 0.372 e. The van der Waals surface area contributed by atoms with E-state index in [1.54, 1.807) is 24.3 Å². The number of anilines is 3. The molecule has 1 fully saturated rings. The van der Waals surface area contributed by atoms with Gasteiger partial charge in [-0.1, -0.05) is 12.1 Å². The molecule has 0 aliphatic carbocycles. The van der Waals surface area contributed by atoms with Crippen LogP contribution in [-0.2, 0) is 0 Å². The molecule has 0 saturated carbocycles. The molecule has 0 spiro atoms. The lowest BCUT2D eigenvalue weighted by Crippen LogP contribution is -2.20. The van der Waals surface area contributed by atoms with Gasteiger partial charge >= 0.3 is 6.03 Å². The molecule has 1 aliphatic rings. The van der Waals surface area contributed by atoms with Crippen LogP contribution in [0.4, 0.5) is 21.9 Å². The van der Waals surface area contributed by atoms with E-state index in [0.29, 0.717) is 11.3 Å². The topological polar surface area (TPSA) is 68.2 Å². The molecule has 5 nitrogen and oxygen atoms in total. The number of para-hydroxylation sites is 1. The summed E-state index contributed by atoms with van der Waals surface area (Å²) in [4.78, 5) is 14.4. The number of rotatable bonds is 3. The number of hydrogen-bond donors (Lipinski definition) is 2. The van der Waals surface area contributed by atoms with Crippen molar-refractivity contribution in [2.45, 2.75) is 12.8 Å². The number of carbonyl (C=O) groups excluding carboxylic acids is 1. The van der Waals surface area contributed by atoms with Crippen molar-refractivity contribution < 1.29 is 4.79 Å². The Kier molecular flexibility index (Phi) is 4.44. The van der Waals surface area contributed by atoms with Crippen LogP contribution < -0.4 is 15.5 Å². The highest BCUT2D eigenvalue weighted by Crippen LogP contribution is 2.22. The van der Waals surface area contributed by atoms with Crippen LogP contribution in [0, 0.1) is 11.3 Å². The molecule has 2 N–H and O–H groups in total. The van der Waals surface area contributed by atoms with Gasteiger partial charge in [0.2, 0.25) is 0 Å². The van der Waals surface area contributed by atoms with Crippen LogP contribution in [0.3, 0.4) is 0 Å². The van der Waals surface area contributed by atoms with Crippen molar-refractivity contribution in [1.82, 2.24) is 0 Å². The zero-order valence-electron chi connectivity index (χ0n) is 12.7. The van der Waals surface area contributed by atoms with Gasteiger partial charge in [0.25, 0.3) is 0 Å². The third-order valence-corrected chi connectivity index (χ3v) is 3.89. The molecule has 23 heavy (non-hydrogen) atoms. The average molecular weight is 306 g/mol. The predicted molar refractivity (Wildman–Crippen MR) is 91.7 cm³/mol. The highest BCUT2D eigenvalue weighted by atomic mass is 16.2. The van der Waals surface area contributed by atoms with Crippen LogP contribution in [-0.4, -0.2) is 19.1 Å². The van der Waals surface area contributed by atoms with Crippen LogP contribution in [0.2, 0.25) is 0 Å². The molecule has 2 aromatic carbocycles. The molecule has 1 heterocycles. The van der Waals surface area contributed by atoms with Gasteiger partial charge in [0.05, 0.1) is 11.3 Å². The SMILES string of the molecule is N#Cc1ccccc1NC(=O)Nc1ccc(N2CCCC2)cc1. The van der Waals surface area contributed by atoms with E-state index in [-0.39, 0.29) is 6.03 Å². The Labute approximate surface area is 135 Å². The van der Waals surface area contributed by atoms with Crippen molar-refractivity contribution in [3.63, 3.8) is 0 Å². The summed E-state index contributed by atoms with van der Waals surface area (Å²) in [6.07, 6.45) is 2.47. The molecule has 0 bridgehead atoms. The molecular weight excluding hydrogens is 288 g/mol. The first-order valence-corrected chi connectivity index (χ1v) is 7.68. The zero-order chi connectivity index (χ0) is 16.1. The molecule has 0 aromatic heterocycles. The first-order chi connectivity index (χ1) is 11.3. The molecule has 116 valence electrons. The van der Waals surface area contributed by atoms with Crippen molar-refractivity contribution >= 4 is 23.1 Å². The second-order valence-corrected chi connectivity index (χ2v) is 5.48. The maximum atomic E-state index is 12.0. The van der Waals surface area contributed by atoms with Gasteiger partial charge in [-0.2, -0.15) is 5.26 Å². The van der Waals surface area contributed by atoms with Crippen LogP contribution in [0.15, 0.2) is 48.5 Å². The van der Waals surface area contributed by atoms with E-state index in [4.69, 9.17) is 5.26 Å². The summed E-state index contributed by atoms with van der Waals surface area (Å²) in [7, 11) is 0. The lowest BCUT2D eigenvalue weighted by Gasteiger charge is -2.17. The Morgan fingerprint density at radius 2 is 1.70 bits per heavy atom. The van der Waals surface area contributed by atoms with Crippen molar-refractivity contribution in [3.8, 4) is 6.07 Å². The normalized spacial score (nSPS) is 13.4. The maximum absolute atomic E-state index is 12.0. The van der Waals surface area contributed by atoms with E-state index in [0.717, 1.165) is 18.8 Å². The molecule has 1 aliphatic heterocycles. The maximum Gasteiger partial charge on any atom is 0.323 e. The lowest BCUT2D eigenvalue weighted by molar-refractivity contribution is 0.262. The highest BCUT2D eigenvalue weighted by Gasteiger charge is 2.12. The molecule has 2 aromatic rings. The Hall–Kier alpha value is -3.00. The standard InChI is InChI=1S/C18H18N4O/c19-13-14-5-1-2-6-17(14)21-18(23)20-15-7-9-16(10-8-15)22-11-3-4-12-22/h1-2,5-10H,3-4,11-12H2,(H2,20,21,23). The van der Waals surface area contributed by atoms with Gasteiger partial charge < -0.3 is 15.5 Å². The number of nitrogens with zero attached hydrogens (tertiary/aromatic N) is 2. The monoisotopic (exact) mass is 306 g/mol. The minimum atomic E-state index is -0.360. The minimum absolute atomic E-state index is 0.360. The molecule has 0 atom stereocenters. The Bertz CT molecular complexity index is 727. The molecule has 5 heteroatoms. The van der Waals surface area contributed by atoms with Gasteiger partial charge in [-0.05, 0) is 49.2 Å². The molecule has 2 amide bonds.